The lowest BCUT2D eigenvalue weighted by molar-refractivity contribution is -0.123. The van der Waals surface area contributed by atoms with Gasteiger partial charge in [-0.15, -0.1) is 0 Å². The minimum absolute atomic E-state index is 0.161. The number of nitrogens with two attached hydrogens (primary N) is 1. The Hall–Kier alpha value is -0.370. The molecule has 0 aromatic carbocycles. The summed E-state index contributed by atoms with van der Waals surface area (Å²) >= 11 is 0. The Balaban J connectivity index is 2.30. The fourth-order valence-electron chi connectivity index (χ4n) is 1.92. The highest BCUT2D eigenvalue weighted by Crippen LogP contribution is 2.26. The molecule has 2 N–H and O–H groups in total. The minimum Gasteiger partial charge on any atom is -0.327 e. The van der Waals surface area contributed by atoms with E-state index in [1.165, 1.54) is 0 Å². The van der Waals surface area contributed by atoms with E-state index in [0.717, 1.165) is 38.5 Å². The molecule has 1 rings (SSSR count). The van der Waals surface area contributed by atoms with Crippen LogP contribution in [0.1, 0.15) is 45.4 Å². The number of carbonyl (C=O) groups excluding carboxylic acids is 1. The second kappa shape index (κ2) is 4.61. The van der Waals surface area contributed by atoms with Crippen LogP contribution in [0.5, 0.6) is 0 Å². The molecule has 2 atom stereocenters. The molecule has 1 aliphatic rings. The van der Waals surface area contributed by atoms with Crippen molar-refractivity contribution in [3.63, 3.8) is 0 Å². The van der Waals surface area contributed by atoms with E-state index in [1.54, 1.807) is 0 Å². The molecule has 12 heavy (non-hydrogen) atoms. The van der Waals surface area contributed by atoms with Gasteiger partial charge in [-0.2, -0.15) is 0 Å². The van der Waals surface area contributed by atoms with Crippen molar-refractivity contribution in [2.45, 2.75) is 51.5 Å². The zero-order valence-electron chi connectivity index (χ0n) is 7.88. The largest absolute Gasteiger partial charge is 0.327 e. The molecule has 0 bridgehead atoms. The van der Waals surface area contributed by atoms with Crippen molar-refractivity contribution in [2.75, 3.05) is 0 Å². The van der Waals surface area contributed by atoms with E-state index in [-0.39, 0.29) is 12.0 Å². The molecule has 70 valence electrons. The van der Waals surface area contributed by atoms with Crippen LogP contribution in [-0.2, 0) is 4.79 Å². The Morgan fingerprint density at radius 1 is 1.50 bits per heavy atom. The van der Waals surface area contributed by atoms with E-state index in [2.05, 4.69) is 6.92 Å². The number of hydrogen-bond acceptors (Lipinski definition) is 2. The fraction of sp³-hybridized carbons (Fsp3) is 0.900. The highest BCUT2D eigenvalue weighted by atomic mass is 16.1. The third kappa shape index (κ3) is 2.31. The quantitative estimate of drug-likeness (QED) is 0.698. The maximum absolute atomic E-state index is 11.5. The normalized spacial score (nSPS) is 29.2. The summed E-state index contributed by atoms with van der Waals surface area (Å²) in [5.74, 6) is 0.596. The van der Waals surface area contributed by atoms with Crippen LogP contribution in [-0.4, -0.2) is 11.8 Å². The van der Waals surface area contributed by atoms with Crippen LogP contribution in [0.15, 0.2) is 0 Å². The van der Waals surface area contributed by atoms with Gasteiger partial charge in [-0.3, -0.25) is 4.79 Å². The van der Waals surface area contributed by atoms with Crippen LogP contribution >= 0.6 is 0 Å². The molecule has 0 radical (unpaired) electrons. The predicted molar refractivity (Wildman–Crippen MR) is 49.8 cm³/mol. The molecular formula is C10H19NO. The average Bonchev–Trinajstić information content (AvgIpc) is 2.47. The topological polar surface area (TPSA) is 43.1 Å². The average molecular weight is 169 g/mol. The third-order valence-corrected chi connectivity index (χ3v) is 2.76. The minimum atomic E-state index is 0.161. The molecule has 0 amide bonds. The van der Waals surface area contributed by atoms with Gasteiger partial charge < -0.3 is 5.73 Å². The van der Waals surface area contributed by atoms with Gasteiger partial charge in [0.25, 0.3) is 0 Å². The zero-order chi connectivity index (χ0) is 8.97. The van der Waals surface area contributed by atoms with E-state index in [4.69, 9.17) is 5.73 Å². The molecule has 0 aromatic heterocycles. The van der Waals surface area contributed by atoms with E-state index in [0.29, 0.717) is 5.78 Å². The molecule has 0 saturated heterocycles. The van der Waals surface area contributed by atoms with E-state index in [9.17, 15) is 4.79 Å². The van der Waals surface area contributed by atoms with Gasteiger partial charge in [0, 0.05) is 18.4 Å². The van der Waals surface area contributed by atoms with Crippen LogP contribution < -0.4 is 5.73 Å². The molecule has 2 nitrogen and oxygen atoms in total. The number of ketones is 1. The number of rotatable bonds is 4. The summed E-state index contributed by atoms with van der Waals surface area (Å²) < 4.78 is 0. The van der Waals surface area contributed by atoms with E-state index < -0.39 is 0 Å². The summed E-state index contributed by atoms with van der Waals surface area (Å²) in [7, 11) is 0. The Labute approximate surface area is 74.5 Å². The first kappa shape index (κ1) is 9.72. The fourth-order valence-corrected chi connectivity index (χ4v) is 1.92. The second-order valence-electron chi connectivity index (χ2n) is 3.77. The van der Waals surface area contributed by atoms with Crippen LogP contribution in [0, 0.1) is 5.92 Å². The van der Waals surface area contributed by atoms with Crippen molar-refractivity contribution in [1.82, 2.24) is 0 Å². The van der Waals surface area contributed by atoms with Crippen molar-refractivity contribution < 1.29 is 4.79 Å². The molecule has 1 fully saturated rings. The lowest BCUT2D eigenvalue weighted by Gasteiger charge is -2.12. The Kier molecular flexibility index (Phi) is 3.73. The summed E-state index contributed by atoms with van der Waals surface area (Å²) in [5, 5.41) is 0. The first-order valence-corrected chi connectivity index (χ1v) is 5.04. The highest BCUT2D eigenvalue weighted by Gasteiger charge is 2.29. The number of carbonyl (C=O) groups is 1. The molecule has 0 spiro atoms. The lowest BCUT2D eigenvalue weighted by atomic mass is 9.95. The van der Waals surface area contributed by atoms with Gasteiger partial charge in [0.15, 0.2) is 0 Å². The molecule has 2 heteroatoms. The van der Waals surface area contributed by atoms with Gasteiger partial charge in [-0.05, 0) is 19.3 Å². The second-order valence-corrected chi connectivity index (χ2v) is 3.77. The third-order valence-electron chi connectivity index (χ3n) is 2.76. The molecule has 0 heterocycles. The van der Waals surface area contributed by atoms with E-state index >= 15 is 0 Å². The SMILES string of the molecule is CCCCC(=O)C1CCCC1N. The Morgan fingerprint density at radius 2 is 2.25 bits per heavy atom. The van der Waals surface area contributed by atoms with Crippen LogP contribution in [0.4, 0.5) is 0 Å². The lowest BCUT2D eigenvalue weighted by Crippen LogP contribution is -2.30. The van der Waals surface area contributed by atoms with Crippen LogP contribution in [0.2, 0.25) is 0 Å². The molecule has 2 unspecified atom stereocenters. The maximum atomic E-state index is 11.5. The van der Waals surface area contributed by atoms with Crippen molar-refractivity contribution in [2.24, 2.45) is 11.7 Å². The van der Waals surface area contributed by atoms with Gasteiger partial charge in [0.1, 0.15) is 5.78 Å². The monoisotopic (exact) mass is 169 g/mol. The maximum Gasteiger partial charge on any atom is 0.137 e. The van der Waals surface area contributed by atoms with Crippen LogP contribution in [0.25, 0.3) is 0 Å². The summed E-state index contributed by atoms with van der Waals surface area (Å²) in [6.45, 7) is 2.11. The van der Waals surface area contributed by atoms with E-state index in [1.807, 2.05) is 0 Å². The molecule has 1 saturated carbocycles. The number of hydrogen-bond donors (Lipinski definition) is 1. The summed E-state index contributed by atoms with van der Waals surface area (Å²) in [5.41, 5.74) is 5.83. The Bertz CT molecular complexity index is 156. The number of Topliss-reactive ketones (excluding diaryl/α,β-unsaturated/α-hetero) is 1. The summed E-state index contributed by atoms with van der Waals surface area (Å²) in [4.78, 5) is 11.5. The molecule has 1 aliphatic carbocycles. The summed E-state index contributed by atoms with van der Waals surface area (Å²) in [6.07, 6.45) is 6.10. The molecular weight excluding hydrogens is 150 g/mol. The highest BCUT2D eigenvalue weighted by molar-refractivity contribution is 5.81. The summed E-state index contributed by atoms with van der Waals surface area (Å²) in [6, 6.07) is 0.161. The van der Waals surface area contributed by atoms with Gasteiger partial charge in [-0.1, -0.05) is 19.8 Å². The van der Waals surface area contributed by atoms with Crippen molar-refractivity contribution in [3.05, 3.63) is 0 Å². The molecule has 0 aromatic rings. The standard InChI is InChI=1S/C10H19NO/c1-2-3-7-10(12)8-5-4-6-9(8)11/h8-9H,2-7,11H2,1H3. The number of unbranched alkanes of at least 4 members (excludes halogenated alkanes) is 1. The van der Waals surface area contributed by atoms with Gasteiger partial charge >= 0.3 is 0 Å². The van der Waals surface area contributed by atoms with Gasteiger partial charge in [-0.25, -0.2) is 0 Å². The first-order valence-electron chi connectivity index (χ1n) is 5.04. The van der Waals surface area contributed by atoms with Crippen molar-refractivity contribution in [1.29, 1.82) is 0 Å². The Morgan fingerprint density at radius 3 is 2.75 bits per heavy atom. The smallest absolute Gasteiger partial charge is 0.137 e. The van der Waals surface area contributed by atoms with Gasteiger partial charge in [0.2, 0.25) is 0 Å². The van der Waals surface area contributed by atoms with Gasteiger partial charge in [0.05, 0.1) is 0 Å². The predicted octanol–water partition coefficient (Wildman–Crippen LogP) is 1.87. The molecule has 0 aliphatic heterocycles. The van der Waals surface area contributed by atoms with Crippen LogP contribution in [0.3, 0.4) is 0 Å². The zero-order valence-corrected chi connectivity index (χ0v) is 7.88. The first-order chi connectivity index (χ1) is 5.75. The van der Waals surface area contributed by atoms with Crippen molar-refractivity contribution in [3.8, 4) is 0 Å². The van der Waals surface area contributed by atoms with Crippen molar-refractivity contribution >= 4 is 5.78 Å².